The number of amides is 1. The van der Waals surface area contributed by atoms with Gasteiger partial charge in [-0.2, -0.15) is 0 Å². The summed E-state index contributed by atoms with van der Waals surface area (Å²) in [5.74, 6) is -0.631. The number of aliphatic carboxylic acids is 1. The van der Waals surface area contributed by atoms with Gasteiger partial charge in [-0.1, -0.05) is 37.0 Å². The molecule has 1 aromatic heterocycles. The van der Waals surface area contributed by atoms with E-state index in [1.165, 1.54) is 0 Å². The fourth-order valence-electron chi connectivity index (χ4n) is 3.13. The summed E-state index contributed by atoms with van der Waals surface area (Å²) < 4.78 is 5.97. The fourth-order valence-corrected chi connectivity index (χ4v) is 3.65. The average molecular weight is 514 g/mol. The summed E-state index contributed by atoms with van der Waals surface area (Å²) in [7, 11) is 0. The van der Waals surface area contributed by atoms with Gasteiger partial charge in [-0.05, 0) is 60.5 Å². The number of halogens is 2. The van der Waals surface area contributed by atoms with E-state index < -0.39 is 11.9 Å². The number of carboxylic acids is 1. The van der Waals surface area contributed by atoms with E-state index >= 15 is 0 Å². The van der Waals surface area contributed by atoms with Crippen molar-refractivity contribution < 1.29 is 19.4 Å². The standard InChI is InChI=1S/C26H25Cl2N3O4/c1-16(2)24(31-21-5-3-17(4-6-21)26(34)29-10-9-25(32)33)15-35-22-7-8-23(30-14-22)18-11-19(27)13-20(28)12-18/h3-14,16,24,31H,15H2,1-2H3,(H,29,34)(H,32,33)/t24-/m1/s1. The summed E-state index contributed by atoms with van der Waals surface area (Å²) in [5.41, 5.74) is 2.81. The third-order valence-corrected chi connectivity index (χ3v) is 5.50. The molecule has 0 saturated carbocycles. The summed E-state index contributed by atoms with van der Waals surface area (Å²) in [6.07, 6.45) is 3.61. The van der Waals surface area contributed by atoms with E-state index in [-0.39, 0.29) is 12.0 Å². The van der Waals surface area contributed by atoms with Crippen molar-refractivity contribution in [1.82, 2.24) is 10.3 Å². The lowest BCUT2D eigenvalue weighted by Gasteiger charge is -2.24. The molecule has 0 aliphatic carbocycles. The molecule has 0 aliphatic rings. The third kappa shape index (κ3) is 8.02. The van der Waals surface area contributed by atoms with Crippen LogP contribution >= 0.6 is 23.2 Å². The van der Waals surface area contributed by atoms with E-state index in [0.717, 1.165) is 29.2 Å². The molecule has 7 nitrogen and oxygen atoms in total. The summed E-state index contributed by atoms with van der Waals surface area (Å²) in [5, 5.41) is 15.5. The Bertz CT molecular complexity index is 1180. The molecule has 3 rings (SSSR count). The fraction of sp³-hybridized carbons (Fsp3) is 0.192. The van der Waals surface area contributed by atoms with Crippen molar-refractivity contribution >= 4 is 40.8 Å². The summed E-state index contributed by atoms with van der Waals surface area (Å²) in [6, 6.07) is 15.9. The van der Waals surface area contributed by atoms with Crippen LogP contribution in [0.3, 0.4) is 0 Å². The van der Waals surface area contributed by atoms with Gasteiger partial charge in [-0.25, -0.2) is 4.79 Å². The Morgan fingerprint density at radius 1 is 1.06 bits per heavy atom. The number of nitrogens with zero attached hydrogens (tertiary/aromatic N) is 1. The molecule has 0 aliphatic heterocycles. The number of anilines is 1. The predicted octanol–water partition coefficient (Wildman–Crippen LogP) is 5.90. The molecule has 0 spiro atoms. The minimum atomic E-state index is -1.13. The lowest BCUT2D eigenvalue weighted by Crippen LogP contribution is -2.32. The molecule has 35 heavy (non-hydrogen) atoms. The minimum absolute atomic E-state index is 0.000380. The topological polar surface area (TPSA) is 101 Å². The molecular weight excluding hydrogens is 489 g/mol. The van der Waals surface area contributed by atoms with Crippen molar-refractivity contribution in [2.24, 2.45) is 5.92 Å². The van der Waals surface area contributed by atoms with Crippen molar-refractivity contribution in [2.45, 2.75) is 19.9 Å². The Labute approximate surface area is 213 Å². The van der Waals surface area contributed by atoms with Gasteiger partial charge in [0.25, 0.3) is 5.91 Å². The number of ether oxygens (including phenoxy) is 1. The molecule has 3 aromatic rings. The Morgan fingerprint density at radius 2 is 1.74 bits per heavy atom. The van der Waals surface area contributed by atoms with Crippen molar-refractivity contribution in [3.05, 3.63) is 88.7 Å². The smallest absolute Gasteiger partial charge is 0.329 e. The van der Waals surface area contributed by atoms with Gasteiger partial charge in [0.05, 0.1) is 17.9 Å². The van der Waals surface area contributed by atoms with Crippen LogP contribution in [0.1, 0.15) is 24.2 Å². The lowest BCUT2D eigenvalue weighted by molar-refractivity contribution is -0.131. The number of carboxylic acid groups (broad SMARTS) is 1. The highest BCUT2D eigenvalue weighted by molar-refractivity contribution is 6.35. The van der Waals surface area contributed by atoms with Gasteiger partial charge in [0, 0.05) is 39.1 Å². The normalized spacial score (nSPS) is 11.9. The van der Waals surface area contributed by atoms with E-state index in [4.69, 9.17) is 33.0 Å². The molecule has 2 aromatic carbocycles. The largest absolute Gasteiger partial charge is 0.490 e. The van der Waals surface area contributed by atoms with Crippen LogP contribution in [-0.2, 0) is 4.79 Å². The average Bonchev–Trinajstić information content (AvgIpc) is 2.81. The third-order valence-electron chi connectivity index (χ3n) is 5.07. The first-order valence-electron chi connectivity index (χ1n) is 10.8. The van der Waals surface area contributed by atoms with E-state index in [0.29, 0.717) is 28.0 Å². The molecule has 0 bridgehead atoms. The van der Waals surface area contributed by atoms with Crippen LogP contribution in [0.4, 0.5) is 5.69 Å². The first-order valence-corrected chi connectivity index (χ1v) is 11.6. The zero-order chi connectivity index (χ0) is 25.4. The van der Waals surface area contributed by atoms with E-state index in [9.17, 15) is 9.59 Å². The maximum atomic E-state index is 12.1. The molecule has 1 heterocycles. The van der Waals surface area contributed by atoms with Crippen LogP contribution in [0.15, 0.2) is 73.1 Å². The first kappa shape index (κ1) is 26.1. The molecule has 1 amide bonds. The number of benzene rings is 2. The van der Waals surface area contributed by atoms with E-state index in [2.05, 4.69) is 29.5 Å². The number of carbonyl (C=O) groups excluding carboxylic acids is 1. The van der Waals surface area contributed by atoms with Gasteiger partial charge < -0.3 is 20.5 Å². The molecular formula is C26H25Cl2N3O4. The highest BCUT2D eigenvalue weighted by atomic mass is 35.5. The second-order valence-electron chi connectivity index (χ2n) is 8.07. The Hall–Kier alpha value is -3.55. The van der Waals surface area contributed by atoms with Crippen LogP contribution in [0.2, 0.25) is 10.0 Å². The van der Waals surface area contributed by atoms with Crippen LogP contribution in [0.5, 0.6) is 5.75 Å². The van der Waals surface area contributed by atoms with Crippen molar-refractivity contribution in [3.8, 4) is 17.0 Å². The monoisotopic (exact) mass is 513 g/mol. The molecule has 3 N–H and O–H groups in total. The molecule has 9 heteroatoms. The maximum absolute atomic E-state index is 12.1. The second-order valence-corrected chi connectivity index (χ2v) is 8.94. The summed E-state index contributed by atoms with van der Waals surface area (Å²) in [6.45, 7) is 4.58. The van der Waals surface area contributed by atoms with Gasteiger partial charge in [-0.3, -0.25) is 9.78 Å². The molecule has 0 unspecified atom stereocenters. The van der Waals surface area contributed by atoms with Gasteiger partial charge >= 0.3 is 5.97 Å². The van der Waals surface area contributed by atoms with Crippen molar-refractivity contribution in [1.29, 1.82) is 0 Å². The van der Waals surface area contributed by atoms with Crippen LogP contribution in [0.25, 0.3) is 11.3 Å². The molecule has 0 saturated heterocycles. The number of hydrogen-bond acceptors (Lipinski definition) is 5. The number of hydrogen-bond donors (Lipinski definition) is 3. The van der Waals surface area contributed by atoms with Gasteiger partial charge in [0.2, 0.25) is 0 Å². The van der Waals surface area contributed by atoms with E-state index in [1.54, 1.807) is 48.7 Å². The Kier molecular flexibility index (Phi) is 9.11. The van der Waals surface area contributed by atoms with Crippen molar-refractivity contribution in [2.75, 3.05) is 11.9 Å². The van der Waals surface area contributed by atoms with Crippen molar-refractivity contribution in [3.63, 3.8) is 0 Å². The van der Waals surface area contributed by atoms with Crippen LogP contribution < -0.4 is 15.4 Å². The number of pyridine rings is 1. The quantitative estimate of drug-likeness (QED) is 0.292. The van der Waals surface area contributed by atoms with Crippen LogP contribution in [0, 0.1) is 5.92 Å². The SMILES string of the molecule is CC(C)[C@@H](COc1ccc(-c2cc(Cl)cc(Cl)c2)nc1)Nc1ccc(C(=O)NC=CC(=O)O)cc1. The Balaban J connectivity index is 1.58. The van der Waals surface area contributed by atoms with Gasteiger partial charge in [0.15, 0.2) is 0 Å². The highest BCUT2D eigenvalue weighted by Crippen LogP contribution is 2.27. The second kappa shape index (κ2) is 12.2. The predicted molar refractivity (Wildman–Crippen MR) is 138 cm³/mol. The maximum Gasteiger partial charge on any atom is 0.329 e. The highest BCUT2D eigenvalue weighted by Gasteiger charge is 2.15. The number of carbonyl (C=O) groups is 2. The first-order chi connectivity index (χ1) is 16.7. The van der Waals surface area contributed by atoms with E-state index in [1.807, 2.05) is 12.1 Å². The zero-order valence-electron chi connectivity index (χ0n) is 19.2. The Morgan fingerprint density at radius 3 is 2.31 bits per heavy atom. The zero-order valence-corrected chi connectivity index (χ0v) is 20.7. The number of nitrogens with one attached hydrogen (secondary N) is 2. The van der Waals surface area contributed by atoms with Gasteiger partial charge in [-0.15, -0.1) is 0 Å². The molecule has 1 atom stereocenters. The molecule has 0 radical (unpaired) electrons. The number of rotatable bonds is 10. The summed E-state index contributed by atoms with van der Waals surface area (Å²) >= 11 is 12.2. The molecule has 182 valence electrons. The number of aromatic nitrogens is 1. The van der Waals surface area contributed by atoms with Crippen LogP contribution in [-0.4, -0.2) is 34.6 Å². The summed E-state index contributed by atoms with van der Waals surface area (Å²) in [4.78, 5) is 27.0. The lowest BCUT2D eigenvalue weighted by atomic mass is 10.0. The van der Waals surface area contributed by atoms with Gasteiger partial charge in [0.1, 0.15) is 12.4 Å². The molecule has 0 fully saturated rings. The minimum Gasteiger partial charge on any atom is -0.490 e.